The Morgan fingerprint density at radius 3 is 1.53 bits per heavy atom. The van der Waals surface area contributed by atoms with E-state index in [1.165, 1.54) is 37.1 Å². The Labute approximate surface area is 791 Å². The first kappa shape index (κ1) is 101. The van der Waals surface area contributed by atoms with Gasteiger partial charge in [-0.3, -0.25) is 50.6 Å². The summed E-state index contributed by atoms with van der Waals surface area (Å²) in [5.74, 6) is -5.64. The number of carbonyl (C=O) groups is 5. The number of rotatable bonds is 23. The Bertz CT molecular complexity index is 6480. The van der Waals surface area contributed by atoms with Gasteiger partial charge in [-0.05, 0) is 258 Å². The normalized spacial score (nSPS) is 18.9. The number of aliphatic hydroxyl groups is 3. The molecule has 3 atom stereocenters. The molecule has 5 amide bonds. The molecule has 18 rings (SSSR count). The first-order valence-electron chi connectivity index (χ1n) is 47.3. The monoisotopic (exact) mass is 1900 g/mol. The predicted molar refractivity (Wildman–Crippen MR) is 511 cm³/mol. The number of nitrogens with zero attached hydrogens (tertiary/aromatic N) is 12. The number of nitriles is 1. The molecule has 11 aromatic rings. The Kier molecular flexibility index (Phi) is 28.4. The fraction of sp³-hybridized carbons (Fsp3) is 0.534. The summed E-state index contributed by atoms with van der Waals surface area (Å²) < 4.78 is 124. The highest BCUT2D eigenvalue weighted by Gasteiger charge is 2.67. The van der Waals surface area contributed by atoms with Crippen LogP contribution in [0, 0.1) is 63.4 Å². The van der Waals surface area contributed by atoms with Crippen LogP contribution in [-0.4, -0.2) is 111 Å². The number of halogens is 8. The van der Waals surface area contributed by atoms with Crippen molar-refractivity contribution in [2.24, 2.45) is 28.1 Å². The molecule has 7 fully saturated rings. The molecule has 8 N–H and O–H groups in total. The van der Waals surface area contributed by atoms with Gasteiger partial charge in [0, 0.05) is 73.3 Å². The molecule has 26 nitrogen and oxygen atoms in total. The van der Waals surface area contributed by atoms with Gasteiger partial charge in [-0.25, -0.2) is 56.1 Å². The van der Waals surface area contributed by atoms with Crippen molar-refractivity contribution in [3.8, 4) is 11.8 Å². The topological polar surface area (TPSA) is 333 Å². The predicted octanol–water partition coefficient (Wildman–Crippen LogP) is 23.5. The molecule has 0 bridgehead atoms. The molecular formula is C103H125F8N17O9. The SMILES string of the molecule is CC(C)(C)CC(=O)Nc1nc2c(F)cc(C3(O)CCC3)cc2n1C1CCC1.CC(C)(C)CC(=O)Nc1nc2ccc(OC(F)F)c(F)c2n1C1(C)CCC1.CC(C)(O)c1ccc2nc(NC(=O)CC3CC(F)(F)C3(C)F)n(C3CCC3)c2c1.CC(O)(CC(=O)Nc1nc2cc(F)c(C#N)cc2n1C1CCC1)c1ccccc1.[C-]#[N+]c1ccc2nc(NC(=O)CC(C)(C)C3CC3)n(C(C)(C)C)c2c1. The number of alkyl halides is 5. The first-order chi connectivity index (χ1) is 64.1. The third-order valence-corrected chi connectivity index (χ3v) is 27.7. The molecule has 5 aromatic heterocycles. The van der Waals surface area contributed by atoms with Crippen LogP contribution in [0.5, 0.6) is 5.75 Å². The Morgan fingerprint density at radius 2 is 1.04 bits per heavy atom. The number of aromatic nitrogens is 10. The van der Waals surface area contributed by atoms with Crippen molar-refractivity contribution in [3.05, 3.63) is 154 Å². The van der Waals surface area contributed by atoms with Gasteiger partial charge in [-0.15, -0.1) is 0 Å². The molecular weight excluding hydrogens is 1770 g/mol. The fourth-order valence-electron chi connectivity index (χ4n) is 18.7. The number of fused-ring (bicyclic) bond motifs is 5. The molecule has 0 spiro atoms. The molecule has 34 heteroatoms. The van der Waals surface area contributed by atoms with E-state index >= 15 is 0 Å². The lowest BCUT2D eigenvalue weighted by Crippen LogP contribution is -2.60. The van der Waals surface area contributed by atoms with Crippen molar-refractivity contribution in [2.45, 2.75) is 323 Å². The minimum atomic E-state index is -3.38. The van der Waals surface area contributed by atoms with E-state index < -0.39 is 87.9 Å². The molecule has 137 heavy (non-hydrogen) atoms. The van der Waals surface area contributed by atoms with Gasteiger partial charge in [0.15, 0.2) is 28.7 Å². The average molecular weight is 1900 g/mol. The summed E-state index contributed by atoms with van der Waals surface area (Å²) >= 11 is 0. The summed E-state index contributed by atoms with van der Waals surface area (Å²) in [7, 11) is 0. The van der Waals surface area contributed by atoms with E-state index in [2.05, 4.69) is 95.7 Å². The third kappa shape index (κ3) is 22.3. The second-order valence-electron chi connectivity index (χ2n) is 43.4. The van der Waals surface area contributed by atoms with Gasteiger partial charge in [0.25, 0.3) is 5.92 Å². The smallest absolute Gasteiger partial charge is 0.387 e. The van der Waals surface area contributed by atoms with Crippen LogP contribution in [0.4, 0.5) is 70.6 Å². The van der Waals surface area contributed by atoms with Crippen LogP contribution < -0.4 is 31.3 Å². The van der Waals surface area contributed by atoms with E-state index in [1.54, 1.807) is 67.8 Å². The zero-order valence-corrected chi connectivity index (χ0v) is 80.7. The number of imidazole rings is 5. The number of benzene rings is 6. The number of hydrogen-bond acceptors (Lipinski definition) is 15. The number of ether oxygens (including phenoxy) is 1. The van der Waals surface area contributed by atoms with Crippen LogP contribution in [0.15, 0.2) is 103 Å². The molecule has 0 aliphatic heterocycles. The molecule has 7 saturated carbocycles. The highest BCUT2D eigenvalue weighted by atomic mass is 19.3. The number of carbonyl (C=O) groups excluding carboxylic acids is 5. The zero-order chi connectivity index (χ0) is 99.6. The summed E-state index contributed by atoms with van der Waals surface area (Å²) in [6.07, 6.45) is 16.2. The molecule has 0 radical (unpaired) electrons. The molecule has 7 aliphatic rings. The van der Waals surface area contributed by atoms with Crippen molar-refractivity contribution in [3.63, 3.8) is 0 Å². The molecule has 7 aliphatic carbocycles. The minimum Gasteiger partial charge on any atom is -0.432 e. The van der Waals surface area contributed by atoms with Crippen LogP contribution in [0.2, 0.25) is 0 Å². The zero-order valence-electron chi connectivity index (χ0n) is 80.7. The minimum absolute atomic E-state index is 0.00288. The van der Waals surface area contributed by atoms with Crippen LogP contribution in [-0.2, 0) is 51.9 Å². The fourth-order valence-corrected chi connectivity index (χ4v) is 18.7. The Morgan fingerprint density at radius 1 is 0.540 bits per heavy atom. The van der Waals surface area contributed by atoms with Crippen molar-refractivity contribution in [1.82, 2.24) is 47.8 Å². The van der Waals surface area contributed by atoms with Gasteiger partial charge in [0.1, 0.15) is 22.9 Å². The molecule has 0 saturated heterocycles. The summed E-state index contributed by atoms with van der Waals surface area (Å²) in [6.45, 7) is 34.3. The maximum absolute atomic E-state index is 15.0. The average Bonchev–Trinajstić information content (AvgIpc) is 1.67. The highest BCUT2D eigenvalue weighted by molar-refractivity contribution is 5.97. The number of hydrogen-bond donors (Lipinski definition) is 8. The Hall–Kier alpha value is -11.9. The van der Waals surface area contributed by atoms with Crippen molar-refractivity contribution < 1.29 is 79.2 Å². The van der Waals surface area contributed by atoms with Crippen molar-refractivity contribution in [2.75, 3.05) is 26.6 Å². The van der Waals surface area contributed by atoms with Crippen LogP contribution in [0.1, 0.15) is 299 Å². The van der Waals surface area contributed by atoms with Crippen molar-refractivity contribution in [1.29, 1.82) is 5.26 Å². The highest BCUT2D eigenvalue weighted by Crippen LogP contribution is 2.56. The van der Waals surface area contributed by atoms with Crippen LogP contribution >= 0.6 is 0 Å². The first-order valence-corrected chi connectivity index (χ1v) is 47.3. The second kappa shape index (κ2) is 38.5. The summed E-state index contributed by atoms with van der Waals surface area (Å²) in [4.78, 5) is 88.5. The van der Waals surface area contributed by atoms with Gasteiger partial charge < -0.3 is 42.9 Å². The maximum Gasteiger partial charge on any atom is 0.387 e. The summed E-state index contributed by atoms with van der Waals surface area (Å²) in [5.41, 5.74) is 0.967. The number of anilines is 5. The van der Waals surface area contributed by atoms with Gasteiger partial charge in [-0.2, -0.15) is 14.0 Å². The third-order valence-electron chi connectivity index (χ3n) is 27.7. The maximum atomic E-state index is 15.0. The van der Waals surface area contributed by atoms with E-state index in [4.69, 9.17) is 11.8 Å². The van der Waals surface area contributed by atoms with E-state index in [0.717, 1.165) is 119 Å². The lowest BCUT2D eigenvalue weighted by atomic mass is 9.67. The lowest BCUT2D eigenvalue weighted by Gasteiger charge is -2.47. The standard InChI is InChI=1S/C22H21FN4O2.C21H26F3N3O2.C21H28FN3O2.C20H26N4O.C19H24F3N3O2/c1-22(29,15-6-3-2-4-7-15)12-20(28)26-21-25-18-11-17(23)14(13-24)10-19(18)27(21)16-8-5-9-16;1-19(2,29)12-7-8-15-16(9-12)27(14-5-4-6-14)18(25-15)26-17(28)10-13-11-21(23,24)20(13,3)22;1-20(2,3)12-17(26)23-19-24-18-15(22)10-13(21(27)8-5-9-21)11-16(18)25(19)14-6-4-7-14;1-19(2,3)24-16-11-14(21-6)9-10-15(16)22-18(24)23-17(25)12-20(4,5)13-7-8-13;1-18(2,3)10-13(26)24-17-23-11-6-7-12(27-16(21)22)14(20)15(11)25(17)19(4)8-5-9-19/h2-4,6-7,10-11,16,29H,5,8-9,12H2,1H3,(H,25,26,28);7-9,13-14,29H,4-6,10-11H2,1-3H3,(H,25,26,28);10-11,14,27H,4-9,12H2,1-3H3,(H,23,24,26);9-11,13H,7-8,12H2,1-5H3,(H,22,23,25);6-7,16H,5,8-10H2,1-4H3,(H,23,24,26). The molecule has 5 heterocycles. The lowest BCUT2D eigenvalue weighted by molar-refractivity contribution is -0.242. The summed E-state index contributed by atoms with van der Waals surface area (Å²) in [6, 6.07) is 30.8. The van der Waals surface area contributed by atoms with E-state index in [1.807, 2.05) is 103 Å². The van der Waals surface area contributed by atoms with Gasteiger partial charge in [0.05, 0.1) is 79.5 Å². The van der Waals surface area contributed by atoms with Gasteiger partial charge in [0.2, 0.25) is 59.3 Å². The molecule has 3 unspecified atom stereocenters. The van der Waals surface area contributed by atoms with Crippen LogP contribution in [0.25, 0.3) is 60.0 Å². The van der Waals surface area contributed by atoms with E-state index in [-0.39, 0.29) is 105 Å². The van der Waals surface area contributed by atoms with Gasteiger partial charge in [-0.1, -0.05) is 97.9 Å². The second-order valence-corrected chi connectivity index (χ2v) is 43.4. The largest absolute Gasteiger partial charge is 0.432 e. The van der Waals surface area contributed by atoms with E-state index in [9.17, 15) is 74.4 Å². The number of nitrogens with one attached hydrogen (secondary N) is 5. The number of amides is 5. The summed E-state index contributed by atoms with van der Waals surface area (Å²) in [5, 5.41) is 55.1. The van der Waals surface area contributed by atoms with E-state index in [0.29, 0.717) is 94.3 Å². The van der Waals surface area contributed by atoms with Crippen molar-refractivity contribution >= 4 is 120 Å². The quantitative estimate of drug-likeness (QED) is 0.0218. The van der Waals surface area contributed by atoms with Gasteiger partial charge >= 0.3 is 6.61 Å². The molecule has 6 aromatic carbocycles. The molecule has 732 valence electrons. The van der Waals surface area contributed by atoms with Crippen LogP contribution in [0.3, 0.4) is 0 Å². The Balaban J connectivity index is 0.000000137.